The van der Waals surface area contributed by atoms with Crippen LogP contribution in [0, 0.1) is 0 Å². The Kier molecular flexibility index (Phi) is 6.03. The molecule has 0 amide bonds. The van der Waals surface area contributed by atoms with Gasteiger partial charge in [0.05, 0.1) is 6.10 Å². The molecular weight excluding hydrogens is 322 g/mol. The Labute approximate surface area is 145 Å². The van der Waals surface area contributed by atoms with E-state index < -0.39 is 11.2 Å². The first-order valence-corrected chi connectivity index (χ1v) is 8.53. The van der Waals surface area contributed by atoms with Gasteiger partial charge >= 0.3 is 5.69 Å². The van der Waals surface area contributed by atoms with E-state index >= 15 is 0 Å². The zero-order valence-electron chi connectivity index (χ0n) is 14.1. The molecule has 7 nitrogen and oxygen atoms in total. The summed E-state index contributed by atoms with van der Waals surface area (Å²) in [5.41, 5.74) is -0.289. The smallest absolute Gasteiger partial charge is 0.325 e. The summed E-state index contributed by atoms with van der Waals surface area (Å²) in [6.45, 7) is 3.19. The fraction of sp³-hybridized carbons (Fsp3) is 0.444. The standard InChI is InChI=1S/C18H23N3O4/c22-17-11-14(19-18(23)20-17)12-21(13-16-7-4-9-24-16)8-10-25-15-5-2-1-3-6-15/h1-3,5-6,11,16H,4,7-10,12-13H2,(H2,19,20,22,23). The summed E-state index contributed by atoms with van der Waals surface area (Å²) < 4.78 is 11.5. The molecule has 1 saturated heterocycles. The Morgan fingerprint density at radius 3 is 2.76 bits per heavy atom. The minimum atomic E-state index is -0.486. The van der Waals surface area contributed by atoms with Crippen molar-refractivity contribution >= 4 is 0 Å². The first-order valence-electron chi connectivity index (χ1n) is 8.53. The van der Waals surface area contributed by atoms with Crippen LogP contribution in [0.2, 0.25) is 0 Å². The molecule has 134 valence electrons. The molecule has 7 heteroatoms. The Bertz CT molecular complexity index is 737. The second kappa shape index (κ2) is 8.64. The number of hydrogen-bond acceptors (Lipinski definition) is 5. The summed E-state index contributed by atoms with van der Waals surface area (Å²) >= 11 is 0. The lowest BCUT2D eigenvalue weighted by molar-refractivity contribution is 0.0649. The predicted molar refractivity (Wildman–Crippen MR) is 93.9 cm³/mol. The molecule has 1 aromatic heterocycles. The Morgan fingerprint density at radius 2 is 2.04 bits per heavy atom. The van der Waals surface area contributed by atoms with Crippen molar-refractivity contribution in [2.45, 2.75) is 25.5 Å². The SMILES string of the molecule is O=c1cc(CN(CCOc2ccccc2)CC2CCCO2)[nH]c(=O)[nH]1. The fourth-order valence-electron chi connectivity index (χ4n) is 2.97. The van der Waals surface area contributed by atoms with Crippen LogP contribution in [0.4, 0.5) is 0 Å². The van der Waals surface area contributed by atoms with Gasteiger partial charge in [-0.25, -0.2) is 4.79 Å². The van der Waals surface area contributed by atoms with Crippen LogP contribution < -0.4 is 16.0 Å². The van der Waals surface area contributed by atoms with E-state index in [1.807, 2.05) is 30.3 Å². The van der Waals surface area contributed by atoms with Crippen LogP contribution in [-0.2, 0) is 11.3 Å². The van der Waals surface area contributed by atoms with Gasteiger partial charge in [0.25, 0.3) is 5.56 Å². The molecule has 2 heterocycles. The predicted octanol–water partition coefficient (Wildman–Crippen LogP) is 1.12. The number of nitrogens with one attached hydrogen (secondary N) is 2. The van der Waals surface area contributed by atoms with Crippen LogP contribution >= 0.6 is 0 Å². The summed E-state index contributed by atoms with van der Waals surface area (Å²) in [5, 5.41) is 0. The highest BCUT2D eigenvalue weighted by Crippen LogP contribution is 2.14. The van der Waals surface area contributed by atoms with Gasteiger partial charge in [-0.3, -0.25) is 14.7 Å². The van der Waals surface area contributed by atoms with E-state index in [1.165, 1.54) is 6.07 Å². The van der Waals surface area contributed by atoms with Crippen molar-refractivity contribution in [2.24, 2.45) is 0 Å². The average Bonchev–Trinajstić information content (AvgIpc) is 3.08. The first-order chi connectivity index (χ1) is 12.2. The molecule has 2 aromatic rings. The minimum Gasteiger partial charge on any atom is -0.492 e. The van der Waals surface area contributed by atoms with E-state index in [0.717, 1.165) is 31.7 Å². The third kappa shape index (κ3) is 5.58. The maximum atomic E-state index is 11.5. The molecule has 3 rings (SSSR count). The number of aromatic amines is 2. The number of rotatable bonds is 8. The zero-order valence-corrected chi connectivity index (χ0v) is 14.1. The second-order valence-electron chi connectivity index (χ2n) is 6.14. The van der Waals surface area contributed by atoms with E-state index in [-0.39, 0.29) is 6.10 Å². The van der Waals surface area contributed by atoms with Gasteiger partial charge in [0.2, 0.25) is 0 Å². The van der Waals surface area contributed by atoms with Crippen LogP contribution in [0.5, 0.6) is 5.75 Å². The molecule has 0 radical (unpaired) electrons. The van der Waals surface area contributed by atoms with Crippen molar-refractivity contribution in [3.05, 3.63) is 62.9 Å². The Morgan fingerprint density at radius 1 is 1.20 bits per heavy atom. The lowest BCUT2D eigenvalue weighted by atomic mass is 10.2. The molecular formula is C18H23N3O4. The number of H-pyrrole nitrogens is 2. The maximum absolute atomic E-state index is 11.5. The van der Waals surface area contributed by atoms with Gasteiger partial charge < -0.3 is 14.5 Å². The van der Waals surface area contributed by atoms with Crippen molar-refractivity contribution in [3.63, 3.8) is 0 Å². The third-order valence-electron chi connectivity index (χ3n) is 4.12. The van der Waals surface area contributed by atoms with Gasteiger partial charge in [0.1, 0.15) is 12.4 Å². The summed E-state index contributed by atoms with van der Waals surface area (Å²) in [6, 6.07) is 11.1. The van der Waals surface area contributed by atoms with Crippen LogP contribution in [-0.4, -0.2) is 47.3 Å². The number of nitrogens with zero attached hydrogens (tertiary/aromatic N) is 1. The van der Waals surface area contributed by atoms with Gasteiger partial charge in [-0.2, -0.15) is 0 Å². The largest absolute Gasteiger partial charge is 0.492 e. The number of ether oxygens (including phenoxy) is 2. The Balaban J connectivity index is 1.61. The van der Waals surface area contributed by atoms with Crippen LogP contribution in [0.25, 0.3) is 0 Å². The molecule has 25 heavy (non-hydrogen) atoms. The van der Waals surface area contributed by atoms with Crippen LogP contribution in [0.1, 0.15) is 18.5 Å². The van der Waals surface area contributed by atoms with E-state index in [0.29, 0.717) is 25.4 Å². The van der Waals surface area contributed by atoms with Gasteiger partial charge in [0, 0.05) is 38.0 Å². The first kappa shape index (κ1) is 17.4. The van der Waals surface area contributed by atoms with E-state index in [1.54, 1.807) is 0 Å². The van der Waals surface area contributed by atoms with Crippen molar-refractivity contribution < 1.29 is 9.47 Å². The van der Waals surface area contributed by atoms with Gasteiger partial charge in [0.15, 0.2) is 0 Å². The normalized spacial score (nSPS) is 17.1. The van der Waals surface area contributed by atoms with Crippen molar-refractivity contribution in [1.82, 2.24) is 14.9 Å². The Hall–Kier alpha value is -2.38. The molecule has 1 aliphatic heterocycles. The number of para-hydroxylation sites is 1. The average molecular weight is 345 g/mol. The minimum absolute atomic E-state index is 0.186. The van der Waals surface area contributed by atoms with E-state index in [9.17, 15) is 9.59 Å². The highest BCUT2D eigenvalue weighted by atomic mass is 16.5. The molecule has 1 aromatic carbocycles. The summed E-state index contributed by atoms with van der Waals surface area (Å²) in [7, 11) is 0. The topological polar surface area (TPSA) is 87.4 Å². The lowest BCUT2D eigenvalue weighted by Gasteiger charge is -2.25. The quantitative estimate of drug-likeness (QED) is 0.749. The molecule has 0 bridgehead atoms. The summed E-state index contributed by atoms with van der Waals surface area (Å²) in [5.74, 6) is 0.823. The number of benzene rings is 1. The molecule has 1 unspecified atom stereocenters. The molecule has 0 aliphatic carbocycles. The van der Waals surface area contributed by atoms with Crippen LogP contribution in [0.3, 0.4) is 0 Å². The van der Waals surface area contributed by atoms with Crippen LogP contribution in [0.15, 0.2) is 46.0 Å². The third-order valence-corrected chi connectivity index (χ3v) is 4.12. The molecule has 2 N–H and O–H groups in total. The second-order valence-corrected chi connectivity index (χ2v) is 6.14. The molecule has 0 saturated carbocycles. The maximum Gasteiger partial charge on any atom is 0.325 e. The highest BCUT2D eigenvalue weighted by Gasteiger charge is 2.19. The zero-order chi connectivity index (χ0) is 17.5. The van der Waals surface area contributed by atoms with Crippen molar-refractivity contribution in [1.29, 1.82) is 0 Å². The van der Waals surface area contributed by atoms with E-state index in [2.05, 4.69) is 14.9 Å². The van der Waals surface area contributed by atoms with Gasteiger partial charge in [-0.05, 0) is 25.0 Å². The number of hydrogen-bond donors (Lipinski definition) is 2. The van der Waals surface area contributed by atoms with Crippen molar-refractivity contribution in [3.8, 4) is 5.75 Å². The molecule has 1 fully saturated rings. The highest BCUT2D eigenvalue weighted by molar-refractivity contribution is 5.20. The summed E-state index contributed by atoms with van der Waals surface area (Å²) in [6.07, 6.45) is 2.29. The fourth-order valence-corrected chi connectivity index (χ4v) is 2.97. The van der Waals surface area contributed by atoms with Crippen molar-refractivity contribution in [2.75, 3.05) is 26.3 Å². The van der Waals surface area contributed by atoms with Gasteiger partial charge in [-0.15, -0.1) is 0 Å². The van der Waals surface area contributed by atoms with E-state index in [4.69, 9.17) is 9.47 Å². The molecule has 0 spiro atoms. The van der Waals surface area contributed by atoms with Gasteiger partial charge in [-0.1, -0.05) is 18.2 Å². The monoisotopic (exact) mass is 345 g/mol. The summed E-state index contributed by atoms with van der Waals surface area (Å²) in [4.78, 5) is 30.0. The molecule has 1 aliphatic rings. The number of aromatic nitrogens is 2. The lowest BCUT2D eigenvalue weighted by Crippen LogP contribution is -2.36. The molecule has 1 atom stereocenters.